The lowest BCUT2D eigenvalue weighted by molar-refractivity contribution is 0.668. The molecule has 0 aliphatic carbocycles. The fourth-order valence-electron chi connectivity index (χ4n) is 9.64. The van der Waals surface area contributed by atoms with Gasteiger partial charge < -0.3 is 13.4 Å². The third-order valence-electron chi connectivity index (χ3n) is 12.5. The van der Waals surface area contributed by atoms with Gasteiger partial charge in [0.1, 0.15) is 28.7 Å². The van der Waals surface area contributed by atoms with E-state index in [-0.39, 0.29) is 5.84 Å². The molecule has 0 saturated carbocycles. The Kier molecular flexibility index (Phi) is 7.92. The average Bonchev–Trinajstić information content (AvgIpc) is 4.10. The predicted octanol–water partition coefficient (Wildman–Crippen LogP) is 14.7. The van der Waals surface area contributed by atoms with Gasteiger partial charge in [-0.1, -0.05) is 140 Å². The monoisotopic (exact) mass is 821 g/mol. The second-order valence-corrected chi connectivity index (χ2v) is 16.1. The Morgan fingerprint density at radius 2 is 1.12 bits per heavy atom. The van der Waals surface area contributed by atoms with E-state index in [1.807, 2.05) is 85.2 Å². The van der Waals surface area contributed by atoms with E-state index in [9.17, 15) is 5.41 Å². The molecule has 64 heavy (non-hydrogen) atoms. The fraction of sp³-hybridized carbons (Fsp3) is 0. The fourth-order valence-corrected chi connectivity index (χ4v) is 9.64. The van der Waals surface area contributed by atoms with Crippen LogP contribution in [0.3, 0.4) is 0 Å². The Morgan fingerprint density at radius 3 is 1.97 bits per heavy atom. The van der Waals surface area contributed by atoms with Crippen LogP contribution in [-0.2, 0) is 0 Å². The molecule has 4 aromatic heterocycles. The number of furan rings is 2. The van der Waals surface area contributed by atoms with Gasteiger partial charge in [0.05, 0.1) is 27.6 Å². The van der Waals surface area contributed by atoms with Crippen LogP contribution >= 0.6 is 0 Å². The van der Waals surface area contributed by atoms with Gasteiger partial charge in [-0.3, -0.25) is 9.98 Å². The Morgan fingerprint density at radius 1 is 0.469 bits per heavy atom. The summed E-state index contributed by atoms with van der Waals surface area (Å²) in [4.78, 5) is 10.0. The lowest BCUT2D eigenvalue weighted by Gasteiger charge is -2.09. The molecular weight excluding hydrogens is 787 g/mol. The SMILES string of the molecule is N=C(N=C(N=Cn1c2ccccc2c2cc3c4ccccc4n(-c4ccc5oc6cccc(-c7ccccc7)c6c5c4)c3cc21)c1ccccc1)c1cccc2c1oc1ccccc12. The quantitative estimate of drug-likeness (QED) is 0.138. The molecule has 0 spiro atoms. The molecule has 0 aliphatic heterocycles. The summed E-state index contributed by atoms with van der Waals surface area (Å²) >= 11 is 0. The van der Waals surface area contributed by atoms with Crippen LogP contribution < -0.4 is 0 Å². The maximum Gasteiger partial charge on any atom is 0.163 e. The molecule has 0 bridgehead atoms. The molecule has 0 amide bonds. The standard InChI is InChI=1S/C57H35N5O2/c58-56(43-24-13-23-42-41-21-9-12-27-51(41)64-55(42)43)60-57(36-17-5-2-6-18-36)59-34-61-47-25-10-7-19-39(47)44-32-45-40-20-8-11-26-48(40)62(50(45)33-49(44)61)37-29-30-52-46(31-37)54-38(22-14-28-53(54)63-52)35-15-3-1-4-16-35/h1-34,58H. The maximum absolute atomic E-state index is 9.33. The Hall–Kier alpha value is -8.81. The highest BCUT2D eigenvalue weighted by Crippen LogP contribution is 2.41. The third-order valence-corrected chi connectivity index (χ3v) is 12.5. The molecule has 7 nitrogen and oxygen atoms in total. The zero-order chi connectivity index (χ0) is 42.3. The highest BCUT2D eigenvalue weighted by atomic mass is 16.3. The van der Waals surface area contributed by atoms with Crippen molar-refractivity contribution < 1.29 is 8.83 Å². The molecule has 300 valence electrons. The van der Waals surface area contributed by atoms with Crippen LogP contribution in [0.4, 0.5) is 0 Å². The molecular formula is C57H35N5O2. The molecule has 0 aliphatic rings. The highest BCUT2D eigenvalue weighted by Gasteiger charge is 2.20. The average molecular weight is 822 g/mol. The van der Waals surface area contributed by atoms with Crippen molar-refractivity contribution in [2.75, 3.05) is 0 Å². The van der Waals surface area contributed by atoms with Crippen LogP contribution in [0.5, 0.6) is 0 Å². The number of nitrogens with zero attached hydrogens (tertiary/aromatic N) is 4. The summed E-state index contributed by atoms with van der Waals surface area (Å²) in [6.07, 6.45) is 1.85. The summed E-state index contributed by atoms with van der Waals surface area (Å²) < 4.78 is 17.3. The Bertz CT molecular complexity index is 4090. The van der Waals surface area contributed by atoms with E-state index in [2.05, 4.69) is 130 Å². The number of fused-ring (bicyclic) bond motifs is 12. The van der Waals surface area contributed by atoms with E-state index in [0.717, 1.165) is 98.9 Å². The molecule has 0 radical (unpaired) electrons. The molecule has 7 heteroatoms. The van der Waals surface area contributed by atoms with Gasteiger partial charge in [-0.2, -0.15) is 0 Å². The van der Waals surface area contributed by atoms with E-state index >= 15 is 0 Å². The lowest BCUT2D eigenvalue weighted by Crippen LogP contribution is -2.06. The first-order valence-corrected chi connectivity index (χ1v) is 21.3. The minimum Gasteiger partial charge on any atom is -0.456 e. The van der Waals surface area contributed by atoms with E-state index in [1.54, 1.807) is 0 Å². The molecule has 13 aromatic rings. The van der Waals surface area contributed by atoms with Gasteiger partial charge in [0.15, 0.2) is 11.7 Å². The van der Waals surface area contributed by atoms with Crippen LogP contribution in [0, 0.1) is 5.41 Å². The van der Waals surface area contributed by atoms with Crippen molar-refractivity contribution in [2.45, 2.75) is 0 Å². The molecule has 0 atom stereocenters. The van der Waals surface area contributed by atoms with Gasteiger partial charge in [0, 0.05) is 54.3 Å². The number of rotatable bonds is 5. The third kappa shape index (κ3) is 5.51. The van der Waals surface area contributed by atoms with Gasteiger partial charge in [0.2, 0.25) is 0 Å². The molecule has 13 rings (SSSR count). The normalized spacial score (nSPS) is 12.5. The van der Waals surface area contributed by atoms with Gasteiger partial charge in [0.25, 0.3) is 0 Å². The number of aliphatic imine (C=N–C) groups is 2. The number of benzene rings is 9. The number of amidine groups is 2. The van der Waals surface area contributed by atoms with E-state index in [1.165, 1.54) is 5.39 Å². The van der Waals surface area contributed by atoms with Crippen LogP contribution in [0.15, 0.2) is 219 Å². The van der Waals surface area contributed by atoms with Gasteiger partial charge >= 0.3 is 0 Å². The first kappa shape index (κ1) is 35.9. The molecule has 9 aromatic carbocycles. The van der Waals surface area contributed by atoms with Crippen LogP contribution in [0.2, 0.25) is 0 Å². The number of para-hydroxylation sites is 4. The van der Waals surface area contributed by atoms with Crippen molar-refractivity contribution in [1.29, 1.82) is 5.41 Å². The summed E-state index contributed by atoms with van der Waals surface area (Å²) in [6, 6.07) is 68.7. The summed E-state index contributed by atoms with van der Waals surface area (Å²) in [5.41, 5.74) is 12.0. The van der Waals surface area contributed by atoms with Gasteiger partial charge in [-0.15, -0.1) is 0 Å². The molecule has 4 heterocycles. The predicted molar refractivity (Wildman–Crippen MR) is 264 cm³/mol. The molecule has 0 saturated heterocycles. The van der Waals surface area contributed by atoms with Crippen molar-refractivity contribution in [3.8, 4) is 16.8 Å². The maximum atomic E-state index is 9.33. The largest absolute Gasteiger partial charge is 0.456 e. The smallest absolute Gasteiger partial charge is 0.163 e. The first-order valence-electron chi connectivity index (χ1n) is 21.3. The second kappa shape index (κ2) is 14.1. The van der Waals surface area contributed by atoms with Crippen LogP contribution in [0.25, 0.3) is 104 Å². The van der Waals surface area contributed by atoms with E-state index in [4.69, 9.17) is 18.8 Å². The zero-order valence-electron chi connectivity index (χ0n) is 34.2. The highest BCUT2D eigenvalue weighted by molar-refractivity contribution is 6.22. The van der Waals surface area contributed by atoms with Crippen molar-refractivity contribution in [2.24, 2.45) is 9.98 Å². The van der Waals surface area contributed by atoms with Crippen molar-refractivity contribution in [1.82, 2.24) is 9.13 Å². The van der Waals surface area contributed by atoms with Gasteiger partial charge in [-0.25, -0.2) is 9.98 Å². The Balaban J connectivity index is 1.01. The van der Waals surface area contributed by atoms with Crippen molar-refractivity contribution >= 4 is 105 Å². The van der Waals surface area contributed by atoms with Gasteiger partial charge in [-0.05, 0) is 71.8 Å². The first-order chi connectivity index (χ1) is 31.7. The van der Waals surface area contributed by atoms with Crippen LogP contribution in [-0.4, -0.2) is 27.1 Å². The van der Waals surface area contributed by atoms with E-state index < -0.39 is 0 Å². The van der Waals surface area contributed by atoms with Crippen molar-refractivity contribution in [3.05, 3.63) is 211 Å². The Labute approximate surface area is 365 Å². The topological polar surface area (TPSA) is 84.7 Å². The minimum atomic E-state index is 0.0624. The van der Waals surface area contributed by atoms with Crippen molar-refractivity contribution in [3.63, 3.8) is 0 Å². The summed E-state index contributed by atoms with van der Waals surface area (Å²) in [6.45, 7) is 0. The number of aromatic nitrogens is 2. The number of nitrogens with one attached hydrogen (secondary N) is 1. The summed E-state index contributed by atoms with van der Waals surface area (Å²) in [7, 11) is 0. The molecule has 0 fully saturated rings. The summed E-state index contributed by atoms with van der Waals surface area (Å²) in [5.74, 6) is 0.475. The molecule has 1 N–H and O–H groups in total. The second-order valence-electron chi connectivity index (χ2n) is 16.1. The number of hydrogen-bond donors (Lipinski definition) is 1. The minimum absolute atomic E-state index is 0.0624. The molecule has 0 unspecified atom stereocenters. The summed E-state index contributed by atoms with van der Waals surface area (Å²) in [5, 5.41) is 18.0. The lowest BCUT2D eigenvalue weighted by atomic mass is 9.99. The van der Waals surface area contributed by atoms with E-state index in [0.29, 0.717) is 17.0 Å². The van der Waals surface area contributed by atoms with Crippen LogP contribution in [0.1, 0.15) is 11.1 Å². The zero-order valence-corrected chi connectivity index (χ0v) is 34.2. The number of hydrogen-bond acceptors (Lipinski definition) is 3.